The van der Waals surface area contributed by atoms with Crippen molar-refractivity contribution in [2.75, 3.05) is 6.54 Å². The highest BCUT2D eigenvalue weighted by atomic mass is 32.1. The Kier molecular flexibility index (Phi) is 4.15. The lowest BCUT2D eigenvalue weighted by atomic mass is 10.2. The summed E-state index contributed by atoms with van der Waals surface area (Å²) in [7, 11) is 0. The van der Waals surface area contributed by atoms with Gasteiger partial charge in [0.2, 0.25) is 5.91 Å². The lowest BCUT2D eigenvalue weighted by molar-refractivity contribution is -0.123. The number of aliphatic hydroxyl groups excluding tert-OH is 1. The van der Waals surface area contributed by atoms with E-state index in [-0.39, 0.29) is 11.9 Å². The second-order valence-electron chi connectivity index (χ2n) is 4.29. The van der Waals surface area contributed by atoms with Gasteiger partial charge in [0.1, 0.15) is 0 Å². The summed E-state index contributed by atoms with van der Waals surface area (Å²) in [6.45, 7) is 3.22. The molecule has 94 valence electrons. The second kappa shape index (κ2) is 5.62. The predicted molar refractivity (Wildman–Crippen MR) is 68.0 cm³/mol. The average Bonchev–Trinajstić information content (AvgIpc) is 2.94. The number of amides is 1. The molecule has 1 amide bonds. The molecule has 5 heteroatoms. The number of aliphatic hydroxyl groups is 1. The van der Waals surface area contributed by atoms with Crippen LogP contribution in [-0.2, 0) is 17.8 Å². The molecular formula is C12H18N2O2S. The van der Waals surface area contributed by atoms with Crippen LogP contribution in [0.25, 0.3) is 0 Å². The highest BCUT2D eigenvalue weighted by Gasteiger charge is 2.27. The predicted octanol–water partition coefficient (Wildman–Crippen LogP) is 0.650. The number of thiophene rings is 1. The number of nitrogens with one attached hydrogen (secondary N) is 2. The fraction of sp³-hybridized carbons (Fsp3) is 0.583. The number of aryl methyl sites for hydroxylation is 1. The first kappa shape index (κ1) is 12.5. The van der Waals surface area contributed by atoms with Crippen LogP contribution >= 0.6 is 11.3 Å². The van der Waals surface area contributed by atoms with Gasteiger partial charge in [-0.3, -0.25) is 4.79 Å². The summed E-state index contributed by atoms with van der Waals surface area (Å²) in [4.78, 5) is 13.0. The lowest BCUT2D eigenvalue weighted by Gasteiger charge is -2.10. The smallest absolute Gasteiger partial charge is 0.237 e. The summed E-state index contributed by atoms with van der Waals surface area (Å²) in [5.74, 6) is -0.0167. The van der Waals surface area contributed by atoms with Gasteiger partial charge in [0, 0.05) is 11.4 Å². The van der Waals surface area contributed by atoms with E-state index >= 15 is 0 Å². The minimum atomic E-state index is -0.390. The maximum atomic E-state index is 11.8. The van der Waals surface area contributed by atoms with E-state index in [2.05, 4.69) is 29.0 Å². The molecule has 3 N–H and O–H groups in total. The van der Waals surface area contributed by atoms with E-state index in [0.717, 1.165) is 6.42 Å². The molecule has 2 unspecified atom stereocenters. The molecule has 1 aliphatic heterocycles. The molecule has 1 aromatic heterocycles. The Morgan fingerprint density at radius 1 is 1.71 bits per heavy atom. The van der Waals surface area contributed by atoms with E-state index in [1.54, 1.807) is 11.3 Å². The van der Waals surface area contributed by atoms with E-state index in [1.165, 1.54) is 10.4 Å². The van der Waals surface area contributed by atoms with Gasteiger partial charge >= 0.3 is 0 Å². The molecule has 2 heterocycles. The molecule has 0 aromatic carbocycles. The van der Waals surface area contributed by atoms with Crippen molar-refractivity contribution < 1.29 is 9.90 Å². The standard InChI is InChI=1S/C12H18N2O2S/c1-2-8-3-4-17-11(8)7-14-12(16)10-5-9(15)6-13-10/h3-4,9-10,13,15H,2,5-7H2,1H3,(H,14,16). The molecular weight excluding hydrogens is 236 g/mol. The second-order valence-corrected chi connectivity index (χ2v) is 5.29. The highest BCUT2D eigenvalue weighted by molar-refractivity contribution is 7.10. The highest BCUT2D eigenvalue weighted by Crippen LogP contribution is 2.17. The van der Waals surface area contributed by atoms with Crippen molar-refractivity contribution in [2.45, 2.75) is 38.5 Å². The third-order valence-corrected chi connectivity index (χ3v) is 4.03. The fourth-order valence-corrected chi connectivity index (χ4v) is 2.96. The van der Waals surface area contributed by atoms with Crippen LogP contribution < -0.4 is 10.6 Å². The van der Waals surface area contributed by atoms with Crippen molar-refractivity contribution >= 4 is 17.2 Å². The van der Waals surface area contributed by atoms with Crippen molar-refractivity contribution in [1.82, 2.24) is 10.6 Å². The fourth-order valence-electron chi connectivity index (χ4n) is 2.04. The quantitative estimate of drug-likeness (QED) is 0.739. The molecule has 1 aromatic rings. The van der Waals surface area contributed by atoms with Gasteiger partial charge in [-0.15, -0.1) is 11.3 Å². The molecule has 1 aliphatic rings. The molecule has 0 spiro atoms. The molecule has 1 fully saturated rings. The topological polar surface area (TPSA) is 61.4 Å². The van der Waals surface area contributed by atoms with Gasteiger partial charge in [-0.1, -0.05) is 6.92 Å². The summed E-state index contributed by atoms with van der Waals surface area (Å²) in [6, 6.07) is 1.86. The molecule has 0 bridgehead atoms. The Bertz CT molecular complexity index is 392. The van der Waals surface area contributed by atoms with Crippen LogP contribution in [-0.4, -0.2) is 29.7 Å². The minimum Gasteiger partial charge on any atom is -0.392 e. The van der Waals surface area contributed by atoms with Crippen LogP contribution in [0.4, 0.5) is 0 Å². The normalized spacial score (nSPS) is 23.9. The SMILES string of the molecule is CCc1ccsc1CNC(=O)C1CC(O)CN1. The largest absolute Gasteiger partial charge is 0.392 e. The Balaban J connectivity index is 1.84. The minimum absolute atomic E-state index is 0.0167. The van der Waals surface area contributed by atoms with Crippen LogP contribution in [0.1, 0.15) is 23.8 Å². The number of hydrogen-bond donors (Lipinski definition) is 3. The van der Waals surface area contributed by atoms with Gasteiger partial charge < -0.3 is 15.7 Å². The van der Waals surface area contributed by atoms with Crippen LogP contribution in [0.15, 0.2) is 11.4 Å². The van der Waals surface area contributed by atoms with Gasteiger partial charge in [-0.2, -0.15) is 0 Å². The molecule has 0 aliphatic carbocycles. The van der Waals surface area contributed by atoms with Gasteiger partial charge in [0.25, 0.3) is 0 Å². The Morgan fingerprint density at radius 3 is 3.18 bits per heavy atom. The van der Waals surface area contributed by atoms with Crippen molar-refractivity contribution in [3.05, 3.63) is 21.9 Å². The van der Waals surface area contributed by atoms with E-state index < -0.39 is 6.10 Å². The summed E-state index contributed by atoms with van der Waals surface area (Å²) in [5.41, 5.74) is 1.30. The van der Waals surface area contributed by atoms with Crippen molar-refractivity contribution in [2.24, 2.45) is 0 Å². The summed E-state index contributed by atoms with van der Waals surface area (Å²) in [5, 5.41) is 17.3. The van der Waals surface area contributed by atoms with Gasteiger partial charge in [0.05, 0.1) is 18.7 Å². The van der Waals surface area contributed by atoms with Gasteiger partial charge in [-0.05, 0) is 29.9 Å². The maximum absolute atomic E-state index is 11.8. The van der Waals surface area contributed by atoms with Crippen molar-refractivity contribution in [3.63, 3.8) is 0 Å². The number of β-amino-alcohol motifs (C(OH)–C–C–N with tert-alkyl or cyclic N) is 1. The van der Waals surface area contributed by atoms with Gasteiger partial charge in [-0.25, -0.2) is 0 Å². The third kappa shape index (κ3) is 3.06. The summed E-state index contributed by atoms with van der Waals surface area (Å²) < 4.78 is 0. The van der Waals surface area contributed by atoms with E-state index in [4.69, 9.17) is 0 Å². The zero-order valence-corrected chi connectivity index (χ0v) is 10.7. The van der Waals surface area contributed by atoms with Crippen LogP contribution in [0, 0.1) is 0 Å². The number of carbonyl (C=O) groups is 1. The molecule has 17 heavy (non-hydrogen) atoms. The van der Waals surface area contributed by atoms with E-state index in [9.17, 15) is 9.90 Å². The van der Waals surface area contributed by atoms with Crippen LogP contribution in [0.3, 0.4) is 0 Å². The maximum Gasteiger partial charge on any atom is 0.237 e. The first-order chi connectivity index (χ1) is 8.20. The number of carbonyl (C=O) groups excluding carboxylic acids is 1. The molecule has 4 nitrogen and oxygen atoms in total. The molecule has 0 saturated carbocycles. The monoisotopic (exact) mass is 254 g/mol. The number of hydrogen-bond acceptors (Lipinski definition) is 4. The zero-order valence-electron chi connectivity index (χ0n) is 9.90. The van der Waals surface area contributed by atoms with Crippen LogP contribution in [0.2, 0.25) is 0 Å². The molecule has 2 rings (SSSR count). The molecule has 2 atom stereocenters. The van der Waals surface area contributed by atoms with E-state index in [0.29, 0.717) is 19.5 Å². The van der Waals surface area contributed by atoms with E-state index in [1.807, 2.05) is 0 Å². The summed E-state index contributed by atoms with van der Waals surface area (Å²) in [6.07, 6.45) is 1.12. The Labute approximate surface area is 105 Å². The Morgan fingerprint density at radius 2 is 2.53 bits per heavy atom. The van der Waals surface area contributed by atoms with Crippen LogP contribution in [0.5, 0.6) is 0 Å². The third-order valence-electron chi connectivity index (χ3n) is 3.07. The molecule has 0 radical (unpaired) electrons. The number of rotatable bonds is 4. The first-order valence-electron chi connectivity index (χ1n) is 5.95. The molecule has 1 saturated heterocycles. The summed E-state index contributed by atoms with van der Waals surface area (Å²) >= 11 is 1.67. The van der Waals surface area contributed by atoms with Crippen molar-refractivity contribution in [3.8, 4) is 0 Å². The first-order valence-corrected chi connectivity index (χ1v) is 6.83. The Hall–Kier alpha value is -0.910. The van der Waals surface area contributed by atoms with Gasteiger partial charge in [0.15, 0.2) is 0 Å². The lowest BCUT2D eigenvalue weighted by Crippen LogP contribution is -2.39. The van der Waals surface area contributed by atoms with Crippen molar-refractivity contribution in [1.29, 1.82) is 0 Å². The average molecular weight is 254 g/mol. The zero-order chi connectivity index (χ0) is 12.3.